The third kappa shape index (κ3) is 6.73. The molecule has 1 aliphatic rings. The number of ether oxygens (including phenoxy) is 1. The van der Waals surface area contributed by atoms with Gasteiger partial charge in [0.05, 0.1) is 9.79 Å². The summed E-state index contributed by atoms with van der Waals surface area (Å²) in [6.07, 6.45) is -0.859. The Balaban J connectivity index is 1.85. The van der Waals surface area contributed by atoms with Gasteiger partial charge in [0, 0.05) is 12.5 Å². The van der Waals surface area contributed by atoms with Gasteiger partial charge in [0.2, 0.25) is 0 Å². The molecule has 0 fully saturated rings. The van der Waals surface area contributed by atoms with Crippen molar-refractivity contribution < 1.29 is 45.4 Å². The van der Waals surface area contributed by atoms with Crippen LogP contribution in [0.4, 0.5) is 4.79 Å². The third-order valence-electron chi connectivity index (χ3n) is 5.60. The maximum absolute atomic E-state index is 12.4. The van der Waals surface area contributed by atoms with Crippen LogP contribution in [0.25, 0.3) is 11.1 Å². The molecule has 2 aromatic rings. The van der Waals surface area contributed by atoms with Crippen molar-refractivity contribution in [3.63, 3.8) is 0 Å². The fraction of sp³-hybridized carbons (Fsp3) is 0.286. The van der Waals surface area contributed by atoms with E-state index >= 15 is 0 Å². The van der Waals surface area contributed by atoms with E-state index in [-0.39, 0.29) is 25.3 Å². The Bertz CT molecular complexity index is 1390. The van der Waals surface area contributed by atoms with Crippen LogP contribution < -0.4 is 16.8 Å². The van der Waals surface area contributed by atoms with Gasteiger partial charge in [-0.05, 0) is 59.4 Å². The number of hydrogen-bond acceptors (Lipinski definition) is 8. The van der Waals surface area contributed by atoms with Gasteiger partial charge >= 0.3 is 12.1 Å². The summed E-state index contributed by atoms with van der Waals surface area (Å²) in [6, 6.07) is 6.13. The number of guanidine groups is 1. The van der Waals surface area contributed by atoms with Crippen LogP contribution in [0, 0.1) is 0 Å². The van der Waals surface area contributed by atoms with Crippen molar-refractivity contribution in [1.29, 1.82) is 0 Å². The number of carbonyl (C=O) groups excluding carboxylic acids is 1. The second kappa shape index (κ2) is 10.7. The molecule has 0 spiro atoms. The molecular formula is C21H24N4O10S2. The van der Waals surface area contributed by atoms with E-state index in [2.05, 4.69) is 10.3 Å². The van der Waals surface area contributed by atoms with Crippen LogP contribution in [0.2, 0.25) is 0 Å². The average Bonchev–Trinajstić information content (AvgIpc) is 3.10. The van der Waals surface area contributed by atoms with Crippen molar-refractivity contribution in [2.75, 3.05) is 13.2 Å². The maximum atomic E-state index is 12.4. The van der Waals surface area contributed by atoms with Crippen molar-refractivity contribution in [3.05, 3.63) is 47.5 Å². The summed E-state index contributed by atoms with van der Waals surface area (Å²) in [5.74, 6) is -2.39. The summed E-state index contributed by atoms with van der Waals surface area (Å²) in [4.78, 5) is 26.8. The molecule has 14 nitrogen and oxygen atoms in total. The Labute approximate surface area is 211 Å². The molecule has 0 saturated carbocycles. The lowest BCUT2D eigenvalue weighted by Gasteiger charge is -2.18. The predicted octanol–water partition coefficient (Wildman–Crippen LogP) is 0.525. The highest BCUT2D eigenvalue weighted by atomic mass is 32.2. The second-order valence-electron chi connectivity index (χ2n) is 8.08. The largest absolute Gasteiger partial charge is 0.480 e. The molecule has 0 radical (unpaired) electrons. The highest BCUT2D eigenvalue weighted by molar-refractivity contribution is 7.86. The van der Waals surface area contributed by atoms with Crippen LogP contribution in [0.3, 0.4) is 0 Å². The molecule has 8 N–H and O–H groups in total. The number of amides is 1. The van der Waals surface area contributed by atoms with E-state index in [4.69, 9.17) is 16.2 Å². The van der Waals surface area contributed by atoms with Crippen molar-refractivity contribution in [1.82, 2.24) is 5.32 Å². The van der Waals surface area contributed by atoms with Crippen molar-refractivity contribution >= 4 is 38.3 Å². The SMILES string of the molecule is NC(N)=NCCC[C@H](NC(=O)OCC1c2cc(S(=O)(=O)O)ccc2-c2ccc(S(=O)(=O)O)cc21)C(=O)O. The fourth-order valence-electron chi connectivity index (χ4n) is 3.92. The molecule has 16 heteroatoms. The summed E-state index contributed by atoms with van der Waals surface area (Å²) in [7, 11) is -9.17. The molecule has 0 bridgehead atoms. The molecule has 1 atom stereocenters. The van der Waals surface area contributed by atoms with Gasteiger partial charge in [-0.1, -0.05) is 12.1 Å². The molecule has 1 aliphatic carbocycles. The van der Waals surface area contributed by atoms with E-state index in [1.165, 1.54) is 12.1 Å². The van der Waals surface area contributed by atoms with Gasteiger partial charge in [-0.25, -0.2) is 9.59 Å². The number of hydrogen-bond donors (Lipinski definition) is 6. The lowest BCUT2D eigenvalue weighted by Crippen LogP contribution is -2.41. The zero-order valence-electron chi connectivity index (χ0n) is 19.1. The summed E-state index contributed by atoms with van der Waals surface area (Å²) >= 11 is 0. The minimum absolute atomic E-state index is 0.00819. The number of nitrogens with one attached hydrogen (secondary N) is 1. The van der Waals surface area contributed by atoms with Gasteiger partial charge in [0.25, 0.3) is 20.2 Å². The molecule has 3 rings (SSSR count). The molecule has 37 heavy (non-hydrogen) atoms. The van der Waals surface area contributed by atoms with Crippen molar-refractivity contribution in [3.8, 4) is 11.1 Å². The monoisotopic (exact) mass is 556 g/mol. The van der Waals surface area contributed by atoms with E-state index in [1.54, 1.807) is 0 Å². The summed E-state index contributed by atoms with van der Waals surface area (Å²) in [5.41, 5.74) is 12.0. The smallest absolute Gasteiger partial charge is 0.407 e. The minimum atomic E-state index is -4.59. The van der Waals surface area contributed by atoms with Crippen molar-refractivity contribution in [2.24, 2.45) is 16.5 Å². The Kier molecular flexibility index (Phi) is 8.06. The normalized spacial score (nSPS) is 13.8. The van der Waals surface area contributed by atoms with E-state index in [1.807, 2.05) is 0 Å². The number of nitrogens with zero attached hydrogens (tertiary/aromatic N) is 1. The molecule has 0 unspecified atom stereocenters. The van der Waals surface area contributed by atoms with Crippen LogP contribution in [0.1, 0.15) is 29.9 Å². The number of aliphatic carboxylic acids is 1. The van der Waals surface area contributed by atoms with Gasteiger partial charge < -0.3 is 26.6 Å². The molecule has 1 amide bonds. The molecule has 0 saturated heterocycles. The standard InChI is InChI=1S/C21H24N4O10S2/c22-20(23)24-7-1-2-18(19(26)27)25-21(28)35-10-17-15-8-11(36(29,30)31)3-5-13(15)14-6-4-12(9-16(14)17)37(32,33)34/h3-6,8-9,17-18H,1-2,7,10H2,(H,25,28)(H,26,27)(H4,22,23,24)(H,29,30,31)(H,32,33,34)/t18-/m0/s1. The van der Waals surface area contributed by atoms with Crippen LogP contribution in [0.5, 0.6) is 0 Å². The van der Waals surface area contributed by atoms with Gasteiger partial charge in [-0.3, -0.25) is 14.1 Å². The molecule has 200 valence electrons. The van der Waals surface area contributed by atoms with Crippen molar-refractivity contribution in [2.45, 2.75) is 34.6 Å². The Morgan fingerprint density at radius 3 is 1.92 bits per heavy atom. The summed E-state index contributed by atoms with van der Waals surface area (Å²) in [6.45, 7) is -0.305. The highest BCUT2D eigenvalue weighted by Gasteiger charge is 2.33. The number of benzene rings is 2. The number of carboxylic acid groups (broad SMARTS) is 1. The Hall–Kier alpha value is -3.73. The number of carbonyl (C=O) groups is 2. The van der Waals surface area contributed by atoms with Gasteiger partial charge in [-0.2, -0.15) is 16.8 Å². The number of aliphatic imine (C=N–C) groups is 1. The van der Waals surface area contributed by atoms with Gasteiger partial charge in [0.15, 0.2) is 5.96 Å². The quantitative estimate of drug-likeness (QED) is 0.101. The predicted molar refractivity (Wildman–Crippen MR) is 129 cm³/mol. The molecule has 2 aromatic carbocycles. The van der Waals surface area contributed by atoms with E-state index in [0.717, 1.165) is 24.3 Å². The first-order valence-electron chi connectivity index (χ1n) is 10.6. The van der Waals surface area contributed by atoms with Crippen LogP contribution in [0.15, 0.2) is 51.2 Å². The van der Waals surface area contributed by atoms with E-state index in [9.17, 15) is 40.6 Å². The fourth-order valence-corrected chi connectivity index (χ4v) is 4.95. The average molecular weight is 557 g/mol. The topological polar surface area (TPSA) is 249 Å². The molecule has 0 heterocycles. The first-order valence-corrected chi connectivity index (χ1v) is 13.5. The maximum Gasteiger partial charge on any atom is 0.407 e. The summed E-state index contributed by atoms with van der Waals surface area (Å²) < 4.78 is 70.8. The number of rotatable bonds is 10. The number of fused-ring (bicyclic) bond motifs is 3. The van der Waals surface area contributed by atoms with Gasteiger partial charge in [0.1, 0.15) is 12.6 Å². The van der Waals surface area contributed by atoms with E-state index < -0.39 is 60.7 Å². The summed E-state index contributed by atoms with van der Waals surface area (Å²) in [5, 5.41) is 11.6. The van der Waals surface area contributed by atoms with Crippen LogP contribution >= 0.6 is 0 Å². The minimum Gasteiger partial charge on any atom is -0.480 e. The third-order valence-corrected chi connectivity index (χ3v) is 7.30. The first kappa shape index (κ1) is 27.9. The zero-order valence-corrected chi connectivity index (χ0v) is 20.7. The highest BCUT2D eigenvalue weighted by Crippen LogP contribution is 2.46. The lowest BCUT2D eigenvalue weighted by molar-refractivity contribution is -0.139. The Morgan fingerprint density at radius 2 is 1.49 bits per heavy atom. The van der Waals surface area contributed by atoms with E-state index in [0.29, 0.717) is 22.3 Å². The molecule has 0 aromatic heterocycles. The first-order chi connectivity index (χ1) is 17.2. The number of carboxylic acids is 1. The van der Waals surface area contributed by atoms with Crippen LogP contribution in [-0.2, 0) is 29.8 Å². The molecule has 0 aliphatic heterocycles. The number of alkyl carbamates (subject to hydrolysis) is 1. The van der Waals surface area contributed by atoms with Gasteiger partial charge in [-0.15, -0.1) is 0 Å². The lowest BCUT2D eigenvalue weighted by atomic mass is 9.98. The zero-order chi connectivity index (χ0) is 27.5. The number of nitrogens with two attached hydrogens (primary N) is 2. The molecular weight excluding hydrogens is 532 g/mol. The Morgan fingerprint density at radius 1 is 0.973 bits per heavy atom. The second-order valence-corrected chi connectivity index (χ2v) is 10.9. The van der Waals surface area contributed by atoms with Crippen LogP contribution in [-0.4, -0.2) is 68.3 Å².